The Morgan fingerprint density at radius 1 is 1.38 bits per heavy atom. The maximum atomic E-state index is 12.1. The molecule has 0 spiro atoms. The Labute approximate surface area is 145 Å². The first kappa shape index (κ1) is 16.7. The Balaban J connectivity index is 1.83. The molecule has 0 atom stereocenters. The fourth-order valence-electron chi connectivity index (χ4n) is 2.87. The number of carbonyl (C=O) groups is 1. The number of hydrogen-bond donors (Lipinski definition) is 2. The Morgan fingerprint density at radius 2 is 2.12 bits per heavy atom. The minimum atomic E-state index is -0.505. The van der Waals surface area contributed by atoms with Crippen LogP contribution in [-0.2, 0) is 4.74 Å². The van der Waals surface area contributed by atoms with Gasteiger partial charge in [-0.1, -0.05) is 23.7 Å². The van der Waals surface area contributed by atoms with E-state index in [0.29, 0.717) is 24.5 Å². The van der Waals surface area contributed by atoms with Crippen LogP contribution in [0.3, 0.4) is 0 Å². The number of halogens is 1. The highest BCUT2D eigenvalue weighted by Gasteiger charge is 2.25. The minimum absolute atomic E-state index is 0.129. The van der Waals surface area contributed by atoms with Gasteiger partial charge in [0.25, 0.3) is 0 Å². The number of nitrogens with one attached hydrogen (secondary N) is 1. The molecule has 0 unspecified atom stereocenters. The topological polar surface area (TPSA) is 65.6 Å². The van der Waals surface area contributed by atoms with Gasteiger partial charge in [0.2, 0.25) is 0 Å². The summed E-state index contributed by atoms with van der Waals surface area (Å²) in [5, 5.41) is 11.8. The van der Waals surface area contributed by atoms with Crippen molar-refractivity contribution in [3.63, 3.8) is 0 Å². The Bertz CT molecular complexity index is 818. The summed E-state index contributed by atoms with van der Waals surface area (Å²) in [5.74, 6) is 0.129. The third kappa shape index (κ3) is 3.36. The standard InChI is InChI=1S/C18H21ClN2O3/c1-18(2,3)24-17(23)21-8-6-11(7-9-21)15-13-5-4-12(19)10-14(13)20-16(15)22/h4-6,10,20,22H,7-9H2,1-3H3. The van der Waals surface area contributed by atoms with Crippen molar-refractivity contribution in [3.05, 3.63) is 34.9 Å². The molecule has 1 aliphatic heterocycles. The van der Waals surface area contributed by atoms with Gasteiger partial charge in [-0.2, -0.15) is 0 Å². The van der Waals surface area contributed by atoms with Gasteiger partial charge in [-0.3, -0.25) is 0 Å². The highest BCUT2D eigenvalue weighted by atomic mass is 35.5. The normalized spacial score (nSPS) is 15.5. The van der Waals surface area contributed by atoms with Crippen molar-refractivity contribution < 1.29 is 14.6 Å². The molecule has 0 aliphatic carbocycles. The second-order valence-corrected chi connectivity index (χ2v) is 7.38. The molecule has 0 saturated heterocycles. The molecule has 6 heteroatoms. The average Bonchev–Trinajstić information content (AvgIpc) is 2.80. The van der Waals surface area contributed by atoms with Crippen LogP contribution in [0.15, 0.2) is 24.3 Å². The smallest absolute Gasteiger partial charge is 0.410 e. The fourth-order valence-corrected chi connectivity index (χ4v) is 3.04. The maximum Gasteiger partial charge on any atom is 0.410 e. The van der Waals surface area contributed by atoms with Gasteiger partial charge < -0.3 is 19.7 Å². The minimum Gasteiger partial charge on any atom is -0.494 e. The Hall–Kier alpha value is -2.14. The lowest BCUT2D eigenvalue weighted by Gasteiger charge is -2.29. The maximum absolute atomic E-state index is 12.1. The van der Waals surface area contributed by atoms with Crippen LogP contribution in [0, 0.1) is 0 Å². The molecular weight excluding hydrogens is 328 g/mol. The largest absolute Gasteiger partial charge is 0.494 e. The summed E-state index contributed by atoms with van der Waals surface area (Å²) in [6, 6.07) is 5.48. The summed E-state index contributed by atoms with van der Waals surface area (Å²) >= 11 is 6.00. The number of ether oxygens (including phenoxy) is 1. The summed E-state index contributed by atoms with van der Waals surface area (Å²) < 4.78 is 5.40. The van der Waals surface area contributed by atoms with Crippen molar-refractivity contribution in [3.8, 4) is 5.88 Å². The van der Waals surface area contributed by atoms with Crippen molar-refractivity contribution in [2.75, 3.05) is 13.1 Å². The molecule has 2 heterocycles. The first-order valence-electron chi connectivity index (χ1n) is 7.92. The van der Waals surface area contributed by atoms with Gasteiger partial charge in [0.05, 0.1) is 5.52 Å². The number of aromatic hydroxyl groups is 1. The monoisotopic (exact) mass is 348 g/mol. The van der Waals surface area contributed by atoms with E-state index in [2.05, 4.69) is 4.98 Å². The molecule has 1 aromatic heterocycles. The average molecular weight is 349 g/mol. The predicted molar refractivity (Wildman–Crippen MR) is 95.4 cm³/mol. The van der Waals surface area contributed by atoms with Crippen LogP contribution < -0.4 is 0 Å². The Kier molecular flexibility index (Phi) is 4.22. The van der Waals surface area contributed by atoms with E-state index in [0.717, 1.165) is 22.0 Å². The van der Waals surface area contributed by atoms with Gasteiger partial charge in [0.1, 0.15) is 5.60 Å². The first-order chi connectivity index (χ1) is 11.2. The van der Waals surface area contributed by atoms with Crippen LogP contribution >= 0.6 is 11.6 Å². The van der Waals surface area contributed by atoms with Crippen LogP contribution in [0.5, 0.6) is 5.88 Å². The van der Waals surface area contributed by atoms with E-state index in [9.17, 15) is 9.90 Å². The quantitative estimate of drug-likeness (QED) is 0.794. The number of aromatic amines is 1. The van der Waals surface area contributed by atoms with Gasteiger partial charge >= 0.3 is 6.09 Å². The summed E-state index contributed by atoms with van der Waals surface area (Å²) in [6.07, 6.45) is 2.31. The van der Waals surface area contributed by atoms with Crippen LogP contribution in [0.4, 0.5) is 4.79 Å². The molecule has 0 saturated carbocycles. The van der Waals surface area contributed by atoms with Gasteiger partial charge in [-0.15, -0.1) is 0 Å². The lowest BCUT2D eigenvalue weighted by atomic mass is 9.98. The lowest BCUT2D eigenvalue weighted by Crippen LogP contribution is -2.39. The zero-order chi connectivity index (χ0) is 17.5. The second-order valence-electron chi connectivity index (χ2n) is 6.94. The molecular formula is C18H21ClN2O3. The molecule has 0 radical (unpaired) electrons. The van der Waals surface area contributed by atoms with E-state index >= 15 is 0 Å². The van der Waals surface area contributed by atoms with E-state index in [1.165, 1.54) is 0 Å². The van der Waals surface area contributed by atoms with Crippen LogP contribution in [0.2, 0.25) is 5.02 Å². The van der Waals surface area contributed by atoms with E-state index in [1.54, 1.807) is 17.0 Å². The third-order valence-electron chi connectivity index (χ3n) is 3.92. The summed E-state index contributed by atoms with van der Waals surface area (Å²) in [6.45, 7) is 6.58. The SMILES string of the molecule is CC(C)(C)OC(=O)N1CC=C(c2c(O)[nH]c3cc(Cl)ccc23)CC1. The number of rotatable bonds is 1. The number of benzene rings is 1. The number of carbonyl (C=O) groups excluding carboxylic acids is 1. The number of nitrogens with zero attached hydrogens (tertiary/aromatic N) is 1. The summed E-state index contributed by atoms with van der Waals surface area (Å²) in [5.41, 5.74) is 2.09. The van der Waals surface area contributed by atoms with Crippen LogP contribution in [0.25, 0.3) is 16.5 Å². The molecule has 0 fully saturated rings. The summed E-state index contributed by atoms with van der Waals surface area (Å²) in [4.78, 5) is 16.7. The van der Waals surface area contributed by atoms with Crippen molar-refractivity contribution in [2.24, 2.45) is 0 Å². The molecule has 1 amide bonds. The van der Waals surface area contributed by atoms with E-state index in [4.69, 9.17) is 16.3 Å². The highest BCUT2D eigenvalue weighted by molar-refractivity contribution is 6.31. The molecule has 5 nitrogen and oxygen atoms in total. The van der Waals surface area contributed by atoms with Crippen molar-refractivity contribution in [1.82, 2.24) is 9.88 Å². The Morgan fingerprint density at radius 3 is 2.75 bits per heavy atom. The van der Waals surface area contributed by atoms with Crippen LogP contribution in [-0.4, -0.2) is 39.8 Å². The van der Waals surface area contributed by atoms with Crippen molar-refractivity contribution >= 4 is 34.2 Å². The molecule has 0 bridgehead atoms. The zero-order valence-electron chi connectivity index (χ0n) is 14.0. The molecule has 2 aromatic rings. The lowest BCUT2D eigenvalue weighted by molar-refractivity contribution is 0.0270. The number of hydrogen-bond acceptors (Lipinski definition) is 3. The van der Waals surface area contributed by atoms with Gasteiger partial charge in [0.15, 0.2) is 5.88 Å². The van der Waals surface area contributed by atoms with Crippen LogP contribution in [0.1, 0.15) is 32.8 Å². The van der Waals surface area contributed by atoms with Crippen molar-refractivity contribution in [2.45, 2.75) is 32.8 Å². The first-order valence-corrected chi connectivity index (χ1v) is 8.30. The molecule has 1 aliphatic rings. The van der Waals surface area contributed by atoms with Crippen molar-refractivity contribution in [1.29, 1.82) is 0 Å². The van der Waals surface area contributed by atoms with Gasteiger partial charge in [-0.05, 0) is 44.9 Å². The third-order valence-corrected chi connectivity index (χ3v) is 4.16. The molecule has 128 valence electrons. The highest BCUT2D eigenvalue weighted by Crippen LogP contribution is 2.37. The van der Waals surface area contributed by atoms with E-state index in [-0.39, 0.29) is 12.0 Å². The number of aromatic nitrogens is 1. The van der Waals surface area contributed by atoms with Gasteiger partial charge in [0, 0.05) is 29.1 Å². The second kappa shape index (κ2) is 6.06. The molecule has 2 N–H and O–H groups in total. The zero-order valence-corrected chi connectivity index (χ0v) is 14.8. The van der Waals surface area contributed by atoms with E-state index in [1.807, 2.05) is 32.9 Å². The fraction of sp³-hybridized carbons (Fsp3) is 0.389. The molecule has 3 rings (SSSR count). The summed E-state index contributed by atoms with van der Waals surface area (Å²) in [7, 11) is 0. The number of amides is 1. The number of fused-ring (bicyclic) bond motifs is 1. The molecule has 1 aromatic carbocycles. The van der Waals surface area contributed by atoms with Gasteiger partial charge in [-0.25, -0.2) is 4.79 Å². The predicted octanol–water partition coefficient (Wildman–Crippen LogP) is 4.55. The molecule has 24 heavy (non-hydrogen) atoms. The van der Waals surface area contributed by atoms with E-state index < -0.39 is 5.60 Å². The number of H-pyrrole nitrogens is 1.